The summed E-state index contributed by atoms with van der Waals surface area (Å²) >= 11 is 6.27. The minimum Gasteiger partial charge on any atom is -0.489 e. The van der Waals surface area contributed by atoms with E-state index in [1.165, 1.54) is 0 Å². The van der Waals surface area contributed by atoms with Gasteiger partial charge in [-0.2, -0.15) is 0 Å². The zero-order valence-electron chi connectivity index (χ0n) is 17.9. The Morgan fingerprint density at radius 2 is 1.82 bits per heavy atom. The fraction of sp³-hybridized carbons (Fsp3) is 0.240. The summed E-state index contributed by atoms with van der Waals surface area (Å²) in [4.78, 5) is 27.3. The summed E-state index contributed by atoms with van der Waals surface area (Å²) in [5.74, 6) is -0.374. The van der Waals surface area contributed by atoms with Gasteiger partial charge in [0.05, 0.1) is 5.92 Å². The number of anilines is 1. The van der Waals surface area contributed by atoms with E-state index in [9.17, 15) is 14.9 Å². The van der Waals surface area contributed by atoms with Gasteiger partial charge in [0.15, 0.2) is 5.54 Å². The van der Waals surface area contributed by atoms with Crippen molar-refractivity contribution in [2.24, 2.45) is 0 Å². The molecule has 0 aliphatic carbocycles. The van der Waals surface area contributed by atoms with Crippen molar-refractivity contribution < 1.29 is 14.5 Å². The maximum Gasteiger partial charge on any atom is 0.256 e. The third-order valence-corrected chi connectivity index (χ3v) is 7.07. The van der Waals surface area contributed by atoms with Crippen LogP contribution in [0.2, 0.25) is 5.02 Å². The highest BCUT2D eigenvalue weighted by Gasteiger charge is 2.68. The van der Waals surface area contributed by atoms with E-state index >= 15 is 0 Å². The van der Waals surface area contributed by atoms with Gasteiger partial charge in [0, 0.05) is 38.9 Å². The van der Waals surface area contributed by atoms with Crippen molar-refractivity contribution in [1.29, 1.82) is 0 Å². The zero-order valence-corrected chi connectivity index (χ0v) is 18.7. The van der Waals surface area contributed by atoms with E-state index in [0.717, 1.165) is 5.56 Å². The van der Waals surface area contributed by atoms with Gasteiger partial charge in [-0.05, 0) is 25.2 Å². The van der Waals surface area contributed by atoms with Gasteiger partial charge < -0.3 is 10.1 Å². The lowest BCUT2D eigenvalue weighted by Crippen LogP contribution is -2.54. The van der Waals surface area contributed by atoms with Crippen LogP contribution in [0.3, 0.4) is 0 Å². The summed E-state index contributed by atoms with van der Waals surface area (Å²) in [6.45, 7) is 0.566. The number of para-hydroxylation sites is 2. The molecule has 0 bridgehead atoms. The van der Waals surface area contributed by atoms with E-state index in [4.69, 9.17) is 16.3 Å². The number of halogens is 1. The van der Waals surface area contributed by atoms with Crippen LogP contribution in [-0.4, -0.2) is 35.4 Å². The van der Waals surface area contributed by atoms with Gasteiger partial charge in [-0.25, -0.2) is 0 Å². The molecule has 33 heavy (non-hydrogen) atoms. The topological polar surface area (TPSA) is 84.7 Å². The predicted molar refractivity (Wildman–Crippen MR) is 125 cm³/mol. The molecule has 2 aliphatic rings. The Hall–Kier alpha value is -3.42. The second-order valence-corrected chi connectivity index (χ2v) is 8.81. The molecule has 0 unspecified atom stereocenters. The number of hydrogen-bond acceptors (Lipinski definition) is 5. The first-order chi connectivity index (χ1) is 15.9. The second-order valence-electron chi connectivity index (χ2n) is 8.40. The molecule has 1 spiro atoms. The minimum atomic E-state index is -1.39. The van der Waals surface area contributed by atoms with E-state index < -0.39 is 17.5 Å². The molecule has 2 aliphatic heterocycles. The van der Waals surface area contributed by atoms with Gasteiger partial charge in [0.25, 0.3) is 11.9 Å². The Morgan fingerprint density at radius 1 is 1.12 bits per heavy atom. The van der Waals surface area contributed by atoms with Crippen LogP contribution in [-0.2, 0) is 16.9 Å². The Bertz CT molecular complexity index is 1250. The smallest absolute Gasteiger partial charge is 0.256 e. The predicted octanol–water partition coefficient (Wildman–Crippen LogP) is 4.44. The van der Waals surface area contributed by atoms with Crippen LogP contribution in [0.1, 0.15) is 22.6 Å². The number of hydrogen-bond donors (Lipinski definition) is 1. The normalized spacial score (nSPS) is 24.0. The summed E-state index contributed by atoms with van der Waals surface area (Å²) in [5.41, 5.74) is 1.39. The van der Waals surface area contributed by atoms with Crippen molar-refractivity contribution in [2.45, 2.75) is 24.1 Å². The molecule has 8 heteroatoms. The number of benzene rings is 3. The number of likely N-dealkylation sites (tertiary alicyclic amines) is 1. The lowest BCUT2D eigenvalue weighted by atomic mass is 9.79. The Balaban J connectivity index is 1.55. The first-order valence-electron chi connectivity index (χ1n) is 10.7. The Kier molecular flexibility index (Phi) is 5.31. The average Bonchev–Trinajstić information content (AvgIpc) is 3.28. The second kappa shape index (κ2) is 8.17. The number of nitrogens with zero attached hydrogens (tertiary/aromatic N) is 2. The first-order valence-corrected chi connectivity index (χ1v) is 11.0. The lowest BCUT2D eigenvalue weighted by molar-refractivity contribution is -0.534. The van der Waals surface area contributed by atoms with Crippen LogP contribution in [0, 0.1) is 10.1 Å². The number of carbonyl (C=O) groups excluding carboxylic acids is 1. The number of rotatable bonds is 5. The van der Waals surface area contributed by atoms with Crippen molar-refractivity contribution in [3.63, 3.8) is 0 Å². The molecule has 1 fully saturated rings. The number of fused-ring (bicyclic) bond motifs is 2. The van der Waals surface area contributed by atoms with E-state index in [1.807, 2.05) is 42.5 Å². The number of carbonyl (C=O) groups is 1. The maximum atomic E-state index is 13.3. The number of amides is 1. The molecule has 1 saturated heterocycles. The molecule has 3 aromatic rings. The average molecular weight is 464 g/mol. The minimum absolute atomic E-state index is 0.233. The quantitative estimate of drug-likeness (QED) is 0.446. The number of ether oxygens (including phenoxy) is 1. The van der Waals surface area contributed by atoms with Crippen LogP contribution in [0.4, 0.5) is 5.69 Å². The fourth-order valence-corrected chi connectivity index (χ4v) is 5.44. The summed E-state index contributed by atoms with van der Waals surface area (Å²) < 4.78 is 6.10. The molecule has 0 saturated carbocycles. The highest BCUT2D eigenvalue weighted by Crippen LogP contribution is 2.52. The van der Waals surface area contributed by atoms with Crippen molar-refractivity contribution in [3.8, 4) is 5.75 Å². The van der Waals surface area contributed by atoms with Gasteiger partial charge >= 0.3 is 0 Å². The van der Waals surface area contributed by atoms with Crippen LogP contribution in [0.15, 0.2) is 72.8 Å². The molecule has 0 radical (unpaired) electrons. The summed E-state index contributed by atoms with van der Waals surface area (Å²) in [7, 11) is 1.77. The molecule has 0 aromatic heterocycles. The SMILES string of the molecule is CN1C[C@H](c2ccccc2OCc2ccccc2Cl)[C@H]([N+](=O)[O-])[C@]12C(=O)Nc1ccccc12. The van der Waals surface area contributed by atoms with Gasteiger partial charge in [-0.15, -0.1) is 0 Å². The molecule has 1 N–H and O–H groups in total. The maximum absolute atomic E-state index is 13.3. The molecule has 3 aromatic carbocycles. The molecule has 1 amide bonds. The van der Waals surface area contributed by atoms with E-state index in [0.29, 0.717) is 34.1 Å². The van der Waals surface area contributed by atoms with E-state index in [-0.39, 0.29) is 17.4 Å². The molecule has 168 valence electrons. The highest BCUT2D eigenvalue weighted by molar-refractivity contribution is 6.31. The Morgan fingerprint density at radius 3 is 2.61 bits per heavy atom. The highest BCUT2D eigenvalue weighted by atomic mass is 35.5. The van der Waals surface area contributed by atoms with E-state index in [2.05, 4.69) is 5.32 Å². The zero-order chi connectivity index (χ0) is 23.2. The van der Waals surface area contributed by atoms with Crippen LogP contribution >= 0.6 is 11.6 Å². The van der Waals surface area contributed by atoms with Crippen molar-refractivity contribution >= 4 is 23.2 Å². The van der Waals surface area contributed by atoms with Crippen molar-refractivity contribution in [2.75, 3.05) is 18.9 Å². The van der Waals surface area contributed by atoms with Crippen LogP contribution < -0.4 is 10.1 Å². The van der Waals surface area contributed by atoms with Crippen molar-refractivity contribution in [3.05, 3.63) is 105 Å². The largest absolute Gasteiger partial charge is 0.489 e. The van der Waals surface area contributed by atoms with Gasteiger partial charge in [0.1, 0.15) is 12.4 Å². The van der Waals surface area contributed by atoms with Gasteiger partial charge in [-0.1, -0.05) is 66.2 Å². The molecule has 3 atom stereocenters. The fourth-order valence-electron chi connectivity index (χ4n) is 5.25. The van der Waals surface area contributed by atoms with E-state index in [1.54, 1.807) is 42.3 Å². The van der Waals surface area contributed by atoms with Crippen LogP contribution in [0.5, 0.6) is 5.75 Å². The number of likely N-dealkylation sites (N-methyl/N-ethyl adjacent to an activating group) is 1. The molecular formula is C25H22ClN3O4. The third-order valence-electron chi connectivity index (χ3n) is 6.70. The molecule has 2 heterocycles. The van der Waals surface area contributed by atoms with Crippen molar-refractivity contribution in [1.82, 2.24) is 4.90 Å². The summed E-state index contributed by atoms with van der Waals surface area (Å²) in [6, 6.07) is 20.7. The molecule has 5 rings (SSSR count). The molecular weight excluding hydrogens is 442 g/mol. The van der Waals surface area contributed by atoms with Gasteiger partial charge in [0.2, 0.25) is 0 Å². The van der Waals surface area contributed by atoms with Gasteiger partial charge in [-0.3, -0.25) is 19.8 Å². The number of nitrogens with one attached hydrogen (secondary N) is 1. The lowest BCUT2D eigenvalue weighted by Gasteiger charge is -2.30. The summed E-state index contributed by atoms with van der Waals surface area (Å²) in [5, 5.41) is 16.0. The Labute approximate surface area is 196 Å². The standard InChI is InChI=1S/C25H22ClN3O4/c1-28-14-18(17-9-3-7-13-22(17)33-15-16-8-2-5-11-20(16)26)23(29(31)32)25(28)19-10-4-6-12-21(19)27-24(25)30/h2-13,18,23H,14-15H2,1H3,(H,27,30)/t18-,23+,25-/m1/s1. The number of nitro groups is 1. The summed E-state index contributed by atoms with van der Waals surface area (Å²) in [6.07, 6.45) is 0. The molecule has 7 nitrogen and oxygen atoms in total. The third kappa shape index (κ3) is 3.27. The van der Waals surface area contributed by atoms with Crippen LogP contribution in [0.25, 0.3) is 0 Å². The first kappa shape index (κ1) is 21.4. The monoisotopic (exact) mass is 463 g/mol.